The Labute approximate surface area is 135 Å². The van der Waals surface area contributed by atoms with Gasteiger partial charge in [0, 0.05) is 19.3 Å². The number of unbranched alkanes of at least 4 members (excludes halogenated alkanes) is 2. The van der Waals surface area contributed by atoms with Crippen LogP contribution in [-0.4, -0.2) is 23.9 Å². The van der Waals surface area contributed by atoms with Crippen molar-refractivity contribution in [2.75, 3.05) is 13.7 Å². The van der Waals surface area contributed by atoms with Crippen molar-refractivity contribution in [3.05, 3.63) is 29.8 Å². The lowest BCUT2D eigenvalue weighted by atomic mass is 9.74. The fourth-order valence-corrected chi connectivity index (χ4v) is 3.27. The molecule has 3 heteroatoms. The van der Waals surface area contributed by atoms with Crippen molar-refractivity contribution in [1.82, 2.24) is 0 Å². The Kier molecular flexibility index (Phi) is 8.51. The van der Waals surface area contributed by atoms with E-state index in [1.54, 1.807) is 19.2 Å². The van der Waals surface area contributed by atoms with Crippen LogP contribution in [0.3, 0.4) is 0 Å². The van der Waals surface area contributed by atoms with Gasteiger partial charge < -0.3 is 14.9 Å². The van der Waals surface area contributed by atoms with Crippen molar-refractivity contribution in [2.45, 2.75) is 64.4 Å². The molecule has 0 aliphatic rings. The van der Waals surface area contributed by atoms with Gasteiger partial charge in [-0.25, -0.2) is 0 Å². The van der Waals surface area contributed by atoms with Crippen LogP contribution < -0.4 is 0 Å². The van der Waals surface area contributed by atoms with Gasteiger partial charge >= 0.3 is 0 Å². The number of aliphatic hydroxyl groups is 1. The Morgan fingerprint density at radius 3 is 2.45 bits per heavy atom. The number of para-hydroxylation sites is 1. The Morgan fingerprint density at radius 2 is 1.86 bits per heavy atom. The molecule has 0 spiro atoms. The van der Waals surface area contributed by atoms with Crippen LogP contribution in [0, 0.1) is 5.92 Å². The largest absolute Gasteiger partial charge is 0.508 e. The van der Waals surface area contributed by atoms with E-state index < -0.39 is 5.60 Å². The Bertz CT molecular complexity index is 419. The van der Waals surface area contributed by atoms with Crippen LogP contribution in [0.25, 0.3) is 0 Å². The maximum absolute atomic E-state index is 11.4. The highest BCUT2D eigenvalue weighted by molar-refractivity contribution is 5.37. The number of rotatable bonds is 11. The number of hydrogen-bond donors (Lipinski definition) is 2. The third-order valence-corrected chi connectivity index (χ3v) is 4.60. The first kappa shape index (κ1) is 19.0. The number of methoxy groups -OCH3 is 1. The van der Waals surface area contributed by atoms with Gasteiger partial charge in [0.05, 0.1) is 5.60 Å². The number of benzene rings is 1. The van der Waals surface area contributed by atoms with Crippen molar-refractivity contribution < 1.29 is 14.9 Å². The molecule has 0 aliphatic carbocycles. The predicted octanol–water partition coefficient (Wildman–Crippen LogP) is 4.61. The first-order valence-corrected chi connectivity index (χ1v) is 8.59. The minimum absolute atomic E-state index is 0.170. The van der Waals surface area contributed by atoms with Crippen LogP contribution in [0.4, 0.5) is 0 Å². The average Bonchev–Trinajstić information content (AvgIpc) is 2.52. The molecule has 2 N–H and O–H groups in total. The lowest BCUT2D eigenvalue weighted by molar-refractivity contribution is -0.0424. The van der Waals surface area contributed by atoms with E-state index >= 15 is 0 Å². The van der Waals surface area contributed by atoms with Gasteiger partial charge in [-0.1, -0.05) is 51.3 Å². The van der Waals surface area contributed by atoms with Gasteiger partial charge in [0.15, 0.2) is 0 Å². The number of ether oxygens (including phenoxy) is 1. The van der Waals surface area contributed by atoms with Gasteiger partial charge in [-0.3, -0.25) is 0 Å². The summed E-state index contributed by atoms with van der Waals surface area (Å²) in [6.07, 6.45) is 6.61. The third-order valence-electron chi connectivity index (χ3n) is 4.60. The molecular weight excluding hydrogens is 276 g/mol. The number of aromatic hydroxyl groups is 1. The molecule has 0 aromatic heterocycles. The van der Waals surface area contributed by atoms with Gasteiger partial charge in [0.2, 0.25) is 0 Å². The normalized spacial score (nSPS) is 15.5. The maximum atomic E-state index is 11.4. The van der Waals surface area contributed by atoms with Crippen LogP contribution in [-0.2, 0) is 10.3 Å². The summed E-state index contributed by atoms with van der Waals surface area (Å²) in [4.78, 5) is 0. The quantitative estimate of drug-likeness (QED) is 0.587. The molecule has 2 atom stereocenters. The van der Waals surface area contributed by atoms with E-state index in [1.165, 1.54) is 0 Å². The molecule has 0 unspecified atom stereocenters. The van der Waals surface area contributed by atoms with Crippen molar-refractivity contribution in [1.29, 1.82) is 0 Å². The Morgan fingerprint density at radius 1 is 1.14 bits per heavy atom. The van der Waals surface area contributed by atoms with E-state index in [1.807, 2.05) is 12.1 Å². The third kappa shape index (κ3) is 4.99. The molecule has 0 bridgehead atoms. The van der Waals surface area contributed by atoms with E-state index in [-0.39, 0.29) is 11.7 Å². The summed E-state index contributed by atoms with van der Waals surface area (Å²) in [5.74, 6) is 0.370. The van der Waals surface area contributed by atoms with E-state index in [4.69, 9.17) is 4.74 Å². The molecule has 0 saturated heterocycles. The van der Waals surface area contributed by atoms with Crippen LogP contribution in [0.15, 0.2) is 24.3 Å². The monoisotopic (exact) mass is 308 g/mol. The lowest BCUT2D eigenvalue weighted by Gasteiger charge is -2.37. The summed E-state index contributed by atoms with van der Waals surface area (Å²) in [6, 6.07) is 7.22. The first-order chi connectivity index (χ1) is 10.6. The summed E-state index contributed by atoms with van der Waals surface area (Å²) in [5, 5.41) is 21.7. The molecule has 126 valence electrons. The highest BCUT2D eigenvalue weighted by Crippen LogP contribution is 2.42. The summed E-state index contributed by atoms with van der Waals surface area (Å²) in [5.41, 5.74) is -0.279. The second-order valence-electron chi connectivity index (χ2n) is 6.14. The minimum Gasteiger partial charge on any atom is -0.508 e. The molecule has 1 rings (SSSR count). The molecule has 0 radical (unpaired) electrons. The van der Waals surface area contributed by atoms with E-state index in [9.17, 15) is 10.2 Å². The molecule has 1 aromatic carbocycles. The summed E-state index contributed by atoms with van der Waals surface area (Å²) >= 11 is 0. The molecule has 0 amide bonds. The predicted molar refractivity (Wildman–Crippen MR) is 91.0 cm³/mol. The zero-order valence-electron chi connectivity index (χ0n) is 14.3. The zero-order chi connectivity index (χ0) is 16.4. The highest BCUT2D eigenvalue weighted by Gasteiger charge is 2.38. The van der Waals surface area contributed by atoms with Crippen LogP contribution >= 0.6 is 0 Å². The van der Waals surface area contributed by atoms with E-state index in [2.05, 4.69) is 13.8 Å². The standard InChI is InChI=1S/C19H32O3/c1-4-6-11-16(5-2)19(21,14-9-10-15-22-3)17-12-7-8-13-18(17)20/h7-8,12-13,16,20-21H,4-6,9-11,14-15H2,1-3H3/t16-,19-/m0/s1. The fraction of sp³-hybridized carbons (Fsp3) is 0.684. The molecule has 0 aliphatic heterocycles. The lowest BCUT2D eigenvalue weighted by Crippen LogP contribution is -2.35. The zero-order valence-corrected chi connectivity index (χ0v) is 14.3. The molecule has 0 saturated carbocycles. The van der Waals surface area contributed by atoms with E-state index in [0.29, 0.717) is 18.6 Å². The maximum Gasteiger partial charge on any atom is 0.121 e. The van der Waals surface area contributed by atoms with Crippen LogP contribution in [0.5, 0.6) is 5.75 Å². The van der Waals surface area contributed by atoms with Gasteiger partial charge in [0.25, 0.3) is 0 Å². The molecule has 3 nitrogen and oxygen atoms in total. The molecule has 0 heterocycles. The van der Waals surface area contributed by atoms with Crippen molar-refractivity contribution >= 4 is 0 Å². The molecule has 22 heavy (non-hydrogen) atoms. The second kappa shape index (κ2) is 9.86. The average molecular weight is 308 g/mol. The smallest absolute Gasteiger partial charge is 0.121 e. The van der Waals surface area contributed by atoms with Crippen LogP contribution in [0.1, 0.15) is 64.4 Å². The van der Waals surface area contributed by atoms with Crippen molar-refractivity contribution in [3.63, 3.8) is 0 Å². The Balaban J connectivity index is 2.99. The number of phenols is 1. The van der Waals surface area contributed by atoms with Crippen LogP contribution in [0.2, 0.25) is 0 Å². The van der Waals surface area contributed by atoms with E-state index in [0.717, 1.165) is 38.5 Å². The minimum atomic E-state index is -0.955. The number of phenolic OH excluding ortho intramolecular Hbond substituents is 1. The second-order valence-corrected chi connectivity index (χ2v) is 6.14. The summed E-state index contributed by atoms with van der Waals surface area (Å²) < 4.78 is 5.11. The number of hydrogen-bond acceptors (Lipinski definition) is 3. The molecular formula is C19H32O3. The summed E-state index contributed by atoms with van der Waals surface area (Å²) in [6.45, 7) is 5.01. The van der Waals surface area contributed by atoms with Gasteiger partial charge in [-0.2, -0.15) is 0 Å². The van der Waals surface area contributed by atoms with Crippen molar-refractivity contribution in [3.8, 4) is 5.75 Å². The Hall–Kier alpha value is -1.06. The van der Waals surface area contributed by atoms with Gasteiger partial charge in [-0.15, -0.1) is 0 Å². The molecule has 1 aromatic rings. The summed E-state index contributed by atoms with van der Waals surface area (Å²) in [7, 11) is 1.70. The van der Waals surface area contributed by atoms with Crippen molar-refractivity contribution in [2.24, 2.45) is 5.92 Å². The van der Waals surface area contributed by atoms with Gasteiger partial charge in [-0.05, 0) is 37.7 Å². The highest BCUT2D eigenvalue weighted by atomic mass is 16.5. The topological polar surface area (TPSA) is 49.7 Å². The molecule has 0 fully saturated rings. The first-order valence-electron chi connectivity index (χ1n) is 8.59. The SMILES string of the molecule is CCCC[C@H](CC)[C@@](O)(CCCCOC)c1ccccc1O. The fourth-order valence-electron chi connectivity index (χ4n) is 3.27. The van der Waals surface area contributed by atoms with Gasteiger partial charge in [0.1, 0.15) is 5.75 Å².